The number of carbonyl (C=O) groups excluding carboxylic acids is 1. The van der Waals surface area contributed by atoms with Crippen molar-refractivity contribution in [1.82, 2.24) is 0 Å². The van der Waals surface area contributed by atoms with E-state index in [4.69, 9.17) is 5.11 Å². The Labute approximate surface area is 63.3 Å². The lowest BCUT2D eigenvalue weighted by molar-refractivity contribution is -0.118. The number of rotatable bonds is 4. The standard InChI is InChI=1S/C7H14O.CH4O/c1-3-5-6-7(8)4-2;1-2/h3-6H2,1-2H3;2H,1H3. The molecule has 62 valence electrons. The second kappa shape index (κ2) is 11.4. The highest BCUT2D eigenvalue weighted by atomic mass is 16.2. The van der Waals surface area contributed by atoms with Gasteiger partial charge in [0, 0.05) is 20.0 Å². The van der Waals surface area contributed by atoms with E-state index in [1.165, 1.54) is 0 Å². The molecule has 0 unspecified atom stereocenters. The molecule has 0 heterocycles. The van der Waals surface area contributed by atoms with Crippen molar-refractivity contribution in [3.63, 3.8) is 0 Å². The maximum absolute atomic E-state index is 10.6. The van der Waals surface area contributed by atoms with Gasteiger partial charge in [0.05, 0.1) is 0 Å². The summed E-state index contributed by atoms with van der Waals surface area (Å²) in [6.07, 6.45) is 3.69. The van der Waals surface area contributed by atoms with E-state index in [0.29, 0.717) is 12.2 Å². The van der Waals surface area contributed by atoms with Crippen LogP contribution in [0, 0.1) is 0 Å². The summed E-state index contributed by atoms with van der Waals surface area (Å²) < 4.78 is 0. The molecule has 0 saturated carbocycles. The summed E-state index contributed by atoms with van der Waals surface area (Å²) in [5.74, 6) is 0.395. The lowest BCUT2D eigenvalue weighted by Crippen LogP contribution is -1.92. The molecule has 0 aliphatic rings. The Bertz CT molecular complexity index is 69.7. The predicted molar refractivity (Wildman–Crippen MR) is 43.0 cm³/mol. The van der Waals surface area contributed by atoms with Crippen molar-refractivity contribution in [3.05, 3.63) is 0 Å². The van der Waals surface area contributed by atoms with Gasteiger partial charge < -0.3 is 5.11 Å². The first-order valence-electron chi connectivity index (χ1n) is 3.77. The van der Waals surface area contributed by atoms with Crippen molar-refractivity contribution >= 4 is 5.78 Å². The molecular weight excluding hydrogens is 128 g/mol. The zero-order chi connectivity index (χ0) is 8.41. The average molecular weight is 146 g/mol. The van der Waals surface area contributed by atoms with Gasteiger partial charge in [0.15, 0.2) is 0 Å². The van der Waals surface area contributed by atoms with Gasteiger partial charge in [-0.15, -0.1) is 0 Å². The molecule has 2 heteroatoms. The summed E-state index contributed by atoms with van der Waals surface area (Å²) in [7, 11) is 1.00. The van der Waals surface area contributed by atoms with Gasteiger partial charge in [-0.1, -0.05) is 20.3 Å². The molecule has 0 amide bonds. The van der Waals surface area contributed by atoms with Crippen LogP contribution in [-0.4, -0.2) is 18.0 Å². The highest BCUT2D eigenvalue weighted by Gasteiger charge is 1.93. The zero-order valence-corrected chi connectivity index (χ0v) is 7.18. The molecule has 0 aromatic rings. The van der Waals surface area contributed by atoms with E-state index in [2.05, 4.69) is 6.92 Å². The molecule has 0 aliphatic carbocycles. The number of unbranched alkanes of at least 4 members (excludes halogenated alkanes) is 1. The van der Waals surface area contributed by atoms with Gasteiger partial charge in [-0.2, -0.15) is 0 Å². The Morgan fingerprint density at radius 1 is 1.30 bits per heavy atom. The monoisotopic (exact) mass is 146 g/mol. The SMILES string of the molecule is CCCCC(=O)CC.CO. The first-order valence-corrected chi connectivity index (χ1v) is 3.77. The van der Waals surface area contributed by atoms with Gasteiger partial charge in [-0.25, -0.2) is 0 Å². The number of hydrogen-bond acceptors (Lipinski definition) is 2. The second-order valence-electron chi connectivity index (χ2n) is 2.00. The maximum Gasteiger partial charge on any atom is 0.132 e. The fraction of sp³-hybridized carbons (Fsp3) is 0.875. The Morgan fingerprint density at radius 3 is 2.10 bits per heavy atom. The molecule has 0 aromatic carbocycles. The van der Waals surface area contributed by atoms with E-state index in [0.717, 1.165) is 26.4 Å². The summed E-state index contributed by atoms with van der Waals surface area (Å²) in [5.41, 5.74) is 0. The summed E-state index contributed by atoms with van der Waals surface area (Å²) in [4.78, 5) is 10.6. The number of Topliss-reactive ketones (excluding diaryl/α,β-unsaturated/α-hetero) is 1. The molecule has 1 N–H and O–H groups in total. The van der Waals surface area contributed by atoms with Crippen molar-refractivity contribution in [1.29, 1.82) is 0 Å². The lowest BCUT2D eigenvalue weighted by atomic mass is 10.1. The lowest BCUT2D eigenvalue weighted by Gasteiger charge is -1.91. The quantitative estimate of drug-likeness (QED) is 0.656. The molecule has 0 saturated heterocycles. The van der Waals surface area contributed by atoms with Gasteiger partial charge in [-0.05, 0) is 6.42 Å². The maximum atomic E-state index is 10.6. The summed E-state index contributed by atoms with van der Waals surface area (Å²) >= 11 is 0. The largest absolute Gasteiger partial charge is 0.400 e. The van der Waals surface area contributed by atoms with Crippen LogP contribution in [-0.2, 0) is 4.79 Å². The molecule has 0 atom stereocenters. The van der Waals surface area contributed by atoms with Crippen LogP contribution in [0.1, 0.15) is 39.5 Å². The molecular formula is C8H18O2. The predicted octanol–water partition coefficient (Wildman–Crippen LogP) is 1.76. The summed E-state index contributed by atoms with van der Waals surface area (Å²) in [5, 5.41) is 7.00. The van der Waals surface area contributed by atoms with Crippen LogP contribution in [0.3, 0.4) is 0 Å². The smallest absolute Gasteiger partial charge is 0.132 e. The Kier molecular flexibility index (Phi) is 14.1. The van der Waals surface area contributed by atoms with Crippen molar-refractivity contribution < 1.29 is 9.90 Å². The van der Waals surface area contributed by atoms with Gasteiger partial charge in [0.2, 0.25) is 0 Å². The average Bonchev–Trinajstić information content (AvgIpc) is 2.04. The first kappa shape index (κ1) is 12.3. The van der Waals surface area contributed by atoms with Gasteiger partial charge in [-0.3, -0.25) is 4.79 Å². The van der Waals surface area contributed by atoms with Crippen LogP contribution >= 0.6 is 0 Å². The fourth-order valence-corrected chi connectivity index (χ4v) is 0.551. The van der Waals surface area contributed by atoms with Crippen LogP contribution in [0.25, 0.3) is 0 Å². The van der Waals surface area contributed by atoms with E-state index in [9.17, 15) is 4.79 Å². The van der Waals surface area contributed by atoms with E-state index in [1.807, 2.05) is 6.92 Å². The minimum Gasteiger partial charge on any atom is -0.400 e. The van der Waals surface area contributed by atoms with Gasteiger partial charge in [0.25, 0.3) is 0 Å². The Morgan fingerprint density at radius 2 is 1.80 bits per heavy atom. The second-order valence-corrected chi connectivity index (χ2v) is 2.00. The van der Waals surface area contributed by atoms with Gasteiger partial charge in [0.1, 0.15) is 5.78 Å². The molecule has 0 radical (unpaired) electrons. The van der Waals surface area contributed by atoms with Gasteiger partial charge >= 0.3 is 0 Å². The summed E-state index contributed by atoms with van der Waals surface area (Å²) in [6, 6.07) is 0. The topological polar surface area (TPSA) is 37.3 Å². The number of carbonyl (C=O) groups is 1. The Hall–Kier alpha value is -0.370. The van der Waals surface area contributed by atoms with Crippen molar-refractivity contribution in [2.24, 2.45) is 0 Å². The number of aliphatic hydroxyl groups excluding tert-OH is 1. The first-order chi connectivity index (χ1) is 4.81. The highest BCUT2D eigenvalue weighted by Crippen LogP contribution is 1.96. The molecule has 0 aliphatic heterocycles. The molecule has 0 rings (SSSR count). The molecule has 0 aromatic heterocycles. The molecule has 0 fully saturated rings. The zero-order valence-electron chi connectivity index (χ0n) is 7.18. The normalized spacial score (nSPS) is 8.00. The van der Waals surface area contributed by atoms with Crippen LogP contribution < -0.4 is 0 Å². The molecule has 0 bridgehead atoms. The van der Waals surface area contributed by atoms with Crippen molar-refractivity contribution in [2.75, 3.05) is 7.11 Å². The highest BCUT2D eigenvalue weighted by molar-refractivity contribution is 5.77. The summed E-state index contributed by atoms with van der Waals surface area (Å²) in [6.45, 7) is 4.01. The van der Waals surface area contributed by atoms with E-state index < -0.39 is 0 Å². The molecule has 10 heavy (non-hydrogen) atoms. The minimum absolute atomic E-state index is 0.395. The van der Waals surface area contributed by atoms with Crippen molar-refractivity contribution in [2.45, 2.75) is 39.5 Å². The van der Waals surface area contributed by atoms with E-state index in [1.54, 1.807) is 0 Å². The minimum atomic E-state index is 0.395. The van der Waals surface area contributed by atoms with E-state index >= 15 is 0 Å². The van der Waals surface area contributed by atoms with Crippen LogP contribution in [0.2, 0.25) is 0 Å². The molecule has 0 spiro atoms. The van der Waals surface area contributed by atoms with Crippen molar-refractivity contribution in [3.8, 4) is 0 Å². The third kappa shape index (κ3) is 10.6. The van der Waals surface area contributed by atoms with Crippen LogP contribution in [0.15, 0.2) is 0 Å². The third-order valence-corrected chi connectivity index (χ3v) is 1.20. The fourth-order valence-electron chi connectivity index (χ4n) is 0.551. The third-order valence-electron chi connectivity index (χ3n) is 1.20. The van der Waals surface area contributed by atoms with Crippen LogP contribution in [0.4, 0.5) is 0 Å². The number of hydrogen-bond donors (Lipinski definition) is 1. The number of ketones is 1. The van der Waals surface area contributed by atoms with Crippen LogP contribution in [0.5, 0.6) is 0 Å². The number of aliphatic hydroxyl groups is 1. The molecule has 2 nitrogen and oxygen atoms in total. The van der Waals surface area contributed by atoms with E-state index in [-0.39, 0.29) is 0 Å². The Balaban J connectivity index is 0.